The first-order chi connectivity index (χ1) is 9.74. The lowest BCUT2D eigenvalue weighted by molar-refractivity contribution is -0.122. The van der Waals surface area contributed by atoms with Crippen molar-refractivity contribution in [2.45, 2.75) is 37.8 Å². The Morgan fingerprint density at radius 1 is 1.40 bits per heavy atom. The molecule has 1 aliphatic heterocycles. The van der Waals surface area contributed by atoms with Gasteiger partial charge in [-0.2, -0.15) is 0 Å². The Kier molecular flexibility index (Phi) is 4.03. The van der Waals surface area contributed by atoms with Crippen molar-refractivity contribution in [2.75, 3.05) is 13.1 Å². The molecule has 4 heteroatoms. The van der Waals surface area contributed by atoms with Crippen molar-refractivity contribution >= 4 is 5.91 Å². The molecule has 0 radical (unpaired) electrons. The van der Waals surface area contributed by atoms with Gasteiger partial charge in [-0.3, -0.25) is 4.79 Å². The number of fused-ring (bicyclic) bond motifs is 1. The maximum Gasteiger partial charge on any atom is 0.220 e. The number of rotatable bonds is 4. The maximum atomic E-state index is 12.1. The van der Waals surface area contributed by atoms with Gasteiger partial charge in [0.15, 0.2) is 0 Å². The number of amides is 1. The topological polar surface area (TPSA) is 61.4 Å². The van der Waals surface area contributed by atoms with Crippen molar-refractivity contribution < 1.29 is 9.90 Å². The van der Waals surface area contributed by atoms with E-state index in [0.29, 0.717) is 18.8 Å². The summed E-state index contributed by atoms with van der Waals surface area (Å²) in [5.74, 6) is 0.680. The van der Waals surface area contributed by atoms with Crippen molar-refractivity contribution in [1.29, 1.82) is 0 Å². The average Bonchev–Trinajstić information content (AvgIpc) is 3.06. The summed E-state index contributed by atoms with van der Waals surface area (Å²) >= 11 is 0. The van der Waals surface area contributed by atoms with Crippen LogP contribution in [0.5, 0.6) is 0 Å². The lowest BCUT2D eigenvalue weighted by Gasteiger charge is -2.18. The molecule has 3 rings (SSSR count). The lowest BCUT2D eigenvalue weighted by atomic mass is 10.0. The quantitative estimate of drug-likeness (QED) is 0.772. The van der Waals surface area contributed by atoms with Crippen LogP contribution in [0.15, 0.2) is 24.3 Å². The summed E-state index contributed by atoms with van der Waals surface area (Å²) in [5, 5.41) is 16.4. The van der Waals surface area contributed by atoms with Crippen LogP contribution in [0.3, 0.4) is 0 Å². The molecule has 1 unspecified atom stereocenters. The molecule has 0 spiro atoms. The summed E-state index contributed by atoms with van der Waals surface area (Å²) in [4.78, 5) is 12.1. The van der Waals surface area contributed by atoms with E-state index in [-0.39, 0.29) is 11.9 Å². The second-order valence-electron chi connectivity index (χ2n) is 5.91. The van der Waals surface area contributed by atoms with Gasteiger partial charge in [0.1, 0.15) is 0 Å². The molecule has 4 nitrogen and oxygen atoms in total. The fraction of sp³-hybridized carbons (Fsp3) is 0.562. The minimum absolute atomic E-state index is 0.0534. The molecule has 2 aliphatic rings. The molecular formula is C16H22N2O2. The molecule has 1 saturated heterocycles. The predicted molar refractivity (Wildman–Crippen MR) is 77.2 cm³/mol. The number of benzene rings is 1. The van der Waals surface area contributed by atoms with E-state index in [1.807, 2.05) is 24.3 Å². The zero-order valence-corrected chi connectivity index (χ0v) is 11.6. The number of carbonyl (C=O) groups is 1. The maximum absolute atomic E-state index is 12.1. The molecule has 1 fully saturated rings. The van der Waals surface area contributed by atoms with Crippen LogP contribution in [0, 0.1) is 5.92 Å². The van der Waals surface area contributed by atoms with E-state index in [1.54, 1.807) is 0 Å². The van der Waals surface area contributed by atoms with Gasteiger partial charge in [-0.15, -0.1) is 0 Å². The highest BCUT2D eigenvalue weighted by atomic mass is 16.3. The van der Waals surface area contributed by atoms with Crippen LogP contribution >= 0.6 is 0 Å². The standard InChI is InChI=1S/C16H22N2O2/c19-14-9-12-3-1-2-4-13(12)16(14)18-15(20)6-5-11-7-8-17-10-11/h1-4,11,14,16-17,19H,5-10H2,(H,18,20)/t11?,14-,16+/m0/s1. The fourth-order valence-electron chi connectivity index (χ4n) is 3.29. The Balaban J connectivity index is 1.55. The molecule has 0 bridgehead atoms. The molecule has 3 N–H and O–H groups in total. The van der Waals surface area contributed by atoms with Crippen LogP contribution in [-0.4, -0.2) is 30.2 Å². The Morgan fingerprint density at radius 3 is 3.05 bits per heavy atom. The zero-order chi connectivity index (χ0) is 13.9. The van der Waals surface area contributed by atoms with Gasteiger partial charge >= 0.3 is 0 Å². The number of nitrogens with one attached hydrogen (secondary N) is 2. The van der Waals surface area contributed by atoms with Crippen molar-refractivity contribution in [2.24, 2.45) is 5.92 Å². The van der Waals surface area contributed by atoms with Gasteiger partial charge in [0.2, 0.25) is 5.91 Å². The summed E-state index contributed by atoms with van der Waals surface area (Å²) in [6.07, 6.45) is 2.79. The zero-order valence-electron chi connectivity index (χ0n) is 11.6. The first kappa shape index (κ1) is 13.6. The molecule has 1 aromatic rings. The van der Waals surface area contributed by atoms with E-state index in [4.69, 9.17) is 0 Å². The highest BCUT2D eigenvalue weighted by Crippen LogP contribution is 2.31. The van der Waals surface area contributed by atoms with Crippen molar-refractivity contribution in [3.63, 3.8) is 0 Å². The van der Waals surface area contributed by atoms with E-state index < -0.39 is 6.10 Å². The Hall–Kier alpha value is -1.39. The minimum Gasteiger partial charge on any atom is -0.390 e. The van der Waals surface area contributed by atoms with Crippen molar-refractivity contribution in [3.05, 3.63) is 35.4 Å². The Bertz CT molecular complexity index is 483. The third kappa shape index (κ3) is 2.86. The highest BCUT2D eigenvalue weighted by molar-refractivity contribution is 5.76. The smallest absolute Gasteiger partial charge is 0.220 e. The number of aliphatic hydroxyl groups is 1. The van der Waals surface area contributed by atoms with E-state index in [2.05, 4.69) is 10.6 Å². The summed E-state index contributed by atoms with van der Waals surface area (Å²) in [5.41, 5.74) is 2.21. The number of hydrogen-bond donors (Lipinski definition) is 3. The largest absolute Gasteiger partial charge is 0.390 e. The minimum atomic E-state index is -0.496. The third-order valence-corrected chi connectivity index (χ3v) is 4.46. The number of aliphatic hydroxyl groups excluding tert-OH is 1. The summed E-state index contributed by atoms with van der Waals surface area (Å²) in [6.45, 7) is 2.10. The molecule has 3 atom stereocenters. The lowest BCUT2D eigenvalue weighted by Crippen LogP contribution is -2.34. The number of carbonyl (C=O) groups excluding carboxylic acids is 1. The van der Waals surface area contributed by atoms with Crippen LogP contribution in [0.2, 0.25) is 0 Å². The second kappa shape index (κ2) is 5.94. The van der Waals surface area contributed by atoms with Crippen LogP contribution in [0.25, 0.3) is 0 Å². The van der Waals surface area contributed by atoms with Crippen molar-refractivity contribution in [1.82, 2.24) is 10.6 Å². The fourth-order valence-corrected chi connectivity index (χ4v) is 3.29. The van der Waals surface area contributed by atoms with E-state index in [9.17, 15) is 9.90 Å². The molecule has 1 aliphatic carbocycles. The van der Waals surface area contributed by atoms with Crippen LogP contribution < -0.4 is 10.6 Å². The second-order valence-corrected chi connectivity index (χ2v) is 5.91. The molecule has 1 aromatic carbocycles. The van der Waals surface area contributed by atoms with Crippen LogP contribution in [0.1, 0.15) is 36.4 Å². The van der Waals surface area contributed by atoms with E-state index in [0.717, 1.165) is 30.6 Å². The van der Waals surface area contributed by atoms with Crippen molar-refractivity contribution in [3.8, 4) is 0 Å². The van der Waals surface area contributed by atoms with Gasteiger partial charge < -0.3 is 15.7 Å². The van der Waals surface area contributed by atoms with Gasteiger partial charge in [0.05, 0.1) is 12.1 Å². The van der Waals surface area contributed by atoms with Gasteiger partial charge in [0.25, 0.3) is 0 Å². The molecule has 20 heavy (non-hydrogen) atoms. The first-order valence-corrected chi connectivity index (χ1v) is 7.50. The van der Waals surface area contributed by atoms with E-state index in [1.165, 1.54) is 6.42 Å². The number of hydrogen-bond acceptors (Lipinski definition) is 3. The van der Waals surface area contributed by atoms with E-state index >= 15 is 0 Å². The Labute approximate surface area is 119 Å². The van der Waals surface area contributed by atoms with Gasteiger partial charge in [-0.25, -0.2) is 0 Å². The Morgan fingerprint density at radius 2 is 2.25 bits per heavy atom. The molecule has 108 valence electrons. The van der Waals surface area contributed by atoms with Crippen LogP contribution in [0.4, 0.5) is 0 Å². The molecule has 1 amide bonds. The molecule has 0 saturated carbocycles. The molecule has 0 aromatic heterocycles. The third-order valence-electron chi connectivity index (χ3n) is 4.46. The predicted octanol–water partition coefficient (Wildman–Crippen LogP) is 1.15. The molecule has 1 heterocycles. The van der Waals surface area contributed by atoms with Gasteiger partial charge in [0, 0.05) is 12.8 Å². The SMILES string of the molecule is O=C(CCC1CCNC1)N[C@@H]1c2ccccc2C[C@@H]1O. The summed E-state index contributed by atoms with van der Waals surface area (Å²) in [6, 6.07) is 7.72. The highest BCUT2D eigenvalue weighted by Gasteiger charge is 2.31. The van der Waals surface area contributed by atoms with Gasteiger partial charge in [-0.05, 0) is 43.0 Å². The summed E-state index contributed by atoms with van der Waals surface area (Å²) < 4.78 is 0. The first-order valence-electron chi connectivity index (χ1n) is 7.50. The van der Waals surface area contributed by atoms with Crippen LogP contribution in [-0.2, 0) is 11.2 Å². The normalized spacial score (nSPS) is 28.4. The monoisotopic (exact) mass is 274 g/mol. The summed E-state index contributed by atoms with van der Waals surface area (Å²) in [7, 11) is 0. The average molecular weight is 274 g/mol. The molecular weight excluding hydrogens is 252 g/mol. The van der Waals surface area contributed by atoms with Gasteiger partial charge in [-0.1, -0.05) is 24.3 Å².